The number of carbonyl (C=O) groups excluding carboxylic acids is 2. The quantitative estimate of drug-likeness (QED) is 0.660. The van der Waals surface area contributed by atoms with Crippen LogP contribution in [-0.2, 0) is 9.59 Å². The van der Waals surface area contributed by atoms with Gasteiger partial charge in [0.05, 0.1) is 12.1 Å². The second-order valence-electron chi connectivity index (χ2n) is 4.98. The maximum atomic E-state index is 12.1. The Hall–Kier alpha value is -1.10. The second kappa shape index (κ2) is 3.73. The van der Waals surface area contributed by atoms with Crippen LogP contribution in [-0.4, -0.2) is 47.9 Å². The predicted molar refractivity (Wildman–Crippen MR) is 57.7 cm³/mol. The largest absolute Gasteiger partial charge is 0.354 e. The van der Waals surface area contributed by atoms with Crippen LogP contribution in [0.1, 0.15) is 25.7 Å². The molecule has 3 fully saturated rings. The zero-order chi connectivity index (χ0) is 11.1. The summed E-state index contributed by atoms with van der Waals surface area (Å²) in [6.45, 7) is 1.42. The van der Waals surface area contributed by atoms with Crippen LogP contribution >= 0.6 is 0 Å². The SMILES string of the molecule is O=C1CC(N2CCC(NC3CC3)C2=O)CN1. The van der Waals surface area contributed by atoms with Crippen LogP contribution < -0.4 is 10.6 Å². The summed E-state index contributed by atoms with van der Waals surface area (Å²) in [4.78, 5) is 25.1. The molecule has 1 saturated carbocycles. The van der Waals surface area contributed by atoms with E-state index in [2.05, 4.69) is 10.6 Å². The third-order valence-corrected chi connectivity index (χ3v) is 3.65. The number of nitrogens with zero attached hydrogens (tertiary/aromatic N) is 1. The standard InChI is InChI=1S/C11H17N3O2/c15-10-5-8(6-12-10)14-4-3-9(11(14)16)13-7-1-2-7/h7-9,13H,1-6H2,(H,12,15). The van der Waals surface area contributed by atoms with Crippen LogP contribution in [0.5, 0.6) is 0 Å². The normalized spacial score (nSPS) is 34.6. The van der Waals surface area contributed by atoms with Crippen molar-refractivity contribution in [3.63, 3.8) is 0 Å². The van der Waals surface area contributed by atoms with E-state index in [-0.39, 0.29) is 23.9 Å². The van der Waals surface area contributed by atoms with Gasteiger partial charge in [0, 0.05) is 25.6 Å². The Kier molecular flexibility index (Phi) is 2.35. The predicted octanol–water partition coefficient (Wildman–Crippen LogP) is -0.772. The Bertz CT molecular complexity index is 327. The summed E-state index contributed by atoms with van der Waals surface area (Å²) < 4.78 is 0. The summed E-state index contributed by atoms with van der Waals surface area (Å²) in [5.74, 6) is 0.254. The molecule has 0 aromatic rings. The van der Waals surface area contributed by atoms with Gasteiger partial charge in [0.25, 0.3) is 0 Å². The molecule has 0 radical (unpaired) electrons. The van der Waals surface area contributed by atoms with E-state index >= 15 is 0 Å². The summed E-state index contributed by atoms with van der Waals surface area (Å²) in [7, 11) is 0. The van der Waals surface area contributed by atoms with Gasteiger partial charge in [0.1, 0.15) is 0 Å². The van der Waals surface area contributed by atoms with Crippen LogP contribution in [0.2, 0.25) is 0 Å². The molecule has 0 aromatic carbocycles. The first-order valence-electron chi connectivity index (χ1n) is 6.07. The van der Waals surface area contributed by atoms with Gasteiger partial charge in [-0.2, -0.15) is 0 Å². The van der Waals surface area contributed by atoms with Crippen molar-refractivity contribution in [2.45, 2.75) is 43.8 Å². The Morgan fingerprint density at radius 1 is 1.25 bits per heavy atom. The van der Waals surface area contributed by atoms with Gasteiger partial charge >= 0.3 is 0 Å². The average Bonchev–Trinajstić information content (AvgIpc) is 2.87. The first-order chi connectivity index (χ1) is 7.74. The van der Waals surface area contributed by atoms with Crippen LogP contribution in [0.15, 0.2) is 0 Å². The summed E-state index contributed by atoms with van der Waals surface area (Å²) in [5.41, 5.74) is 0. The van der Waals surface area contributed by atoms with Crippen molar-refractivity contribution in [1.29, 1.82) is 0 Å². The molecule has 2 unspecified atom stereocenters. The fourth-order valence-corrected chi connectivity index (χ4v) is 2.56. The Labute approximate surface area is 94.6 Å². The topological polar surface area (TPSA) is 61.4 Å². The van der Waals surface area contributed by atoms with Gasteiger partial charge in [0.2, 0.25) is 11.8 Å². The van der Waals surface area contributed by atoms with Crippen molar-refractivity contribution >= 4 is 11.8 Å². The van der Waals surface area contributed by atoms with Gasteiger partial charge in [-0.05, 0) is 19.3 Å². The van der Waals surface area contributed by atoms with E-state index < -0.39 is 0 Å². The third-order valence-electron chi connectivity index (χ3n) is 3.65. The Morgan fingerprint density at radius 3 is 2.69 bits per heavy atom. The number of carbonyl (C=O) groups is 2. The molecule has 0 spiro atoms. The Balaban J connectivity index is 1.60. The van der Waals surface area contributed by atoms with Gasteiger partial charge in [-0.1, -0.05) is 0 Å². The minimum absolute atomic E-state index is 0.00296. The molecule has 2 heterocycles. The van der Waals surface area contributed by atoms with Crippen molar-refractivity contribution in [2.24, 2.45) is 0 Å². The van der Waals surface area contributed by atoms with Crippen LogP contribution in [0, 0.1) is 0 Å². The lowest BCUT2D eigenvalue weighted by atomic mass is 10.2. The number of rotatable bonds is 3. The molecule has 3 aliphatic rings. The number of likely N-dealkylation sites (tertiary alicyclic amines) is 1. The van der Waals surface area contributed by atoms with E-state index in [0.717, 1.165) is 13.0 Å². The molecule has 0 aromatic heterocycles. The van der Waals surface area contributed by atoms with Crippen molar-refractivity contribution in [2.75, 3.05) is 13.1 Å². The van der Waals surface area contributed by atoms with Gasteiger partial charge < -0.3 is 15.5 Å². The number of hydrogen-bond acceptors (Lipinski definition) is 3. The molecule has 2 saturated heterocycles. The fourth-order valence-electron chi connectivity index (χ4n) is 2.56. The number of amides is 2. The van der Waals surface area contributed by atoms with Crippen LogP contribution in [0.4, 0.5) is 0 Å². The van der Waals surface area contributed by atoms with E-state index in [4.69, 9.17) is 0 Å². The first-order valence-corrected chi connectivity index (χ1v) is 6.07. The van der Waals surface area contributed by atoms with Crippen molar-refractivity contribution in [3.05, 3.63) is 0 Å². The summed E-state index contributed by atoms with van der Waals surface area (Å²) >= 11 is 0. The highest BCUT2D eigenvalue weighted by molar-refractivity contribution is 5.86. The second-order valence-corrected chi connectivity index (χ2v) is 4.98. The molecule has 5 nitrogen and oxygen atoms in total. The van der Waals surface area contributed by atoms with Crippen LogP contribution in [0.25, 0.3) is 0 Å². The lowest BCUT2D eigenvalue weighted by Gasteiger charge is -2.22. The van der Waals surface area contributed by atoms with Crippen molar-refractivity contribution in [3.8, 4) is 0 Å². The molecular weight excluding hydrogens is 206 g/mol. The van der Waals surface area contributed by atoms with E-state index in [0.29, 0.717) is 19.0 Å². The molecule has 5 heteroatoms. The van der Waals surface area contributed by atoms with E-state index in [9.17, 15) is 9.59 Å². The summed E-state index contributed by atoms with van der Waals surface area (Å²) in [6, 6.07) is 0.659. The number of nitrogens with one attached hydrogen (secondary N) is 2. The molecule has 2 atom stereocenters. The zero-order valence-electron chi connectivity index (χ0n) is 9.24. The highest BCUT2D eigenvalue weighted by atomic mass is 16.2. The van der Waals surface area contributed by atoms with Gasteiger partial charge in [-0.3, -0.25) is 9.59 Å². The molecule has 2 N–H and O–H groups in total. The minimum atomic E-state index is 0.00296. The zero-order valence-corrected chi connectivity index (χ0v) is 9.24. The maximum Gasteiger partial charge on any atom is 0.240 e. The van der Waals surface area contributed by atoms with Gasteiger partial charge in [-0.15, -0.1) is 0 Å². The molecule has 0 bridgehead atoms. The Morgan fingerprint density at radius 2 is 2.06 bits per heavy atom. The monoisotopic (exact) mass is 223 g/mol. The molecule has 1 aliphatic carbocycles. The average molecular weight is 223 g/mol. The van der Waals surface area contributed by atoms with Gasteiger partial charge in [-0.25, -0.2) is 0 Å². The fraction of sp³-hybridized carbons (Fsp3) is 0.818. The smallest absolute Gasteiger partial charge is 0.240 e. The highest BCUT2D eigenvalue weighted by Gasteiger charge is 2.40. The van der Waals surface area contributed by atoms with Crippen LogP contribution in [0.3, 0.4) is 0 Å². The summed E-state index contributed by atoms with van der Waals surface area (Å²) in [6.07, 6.45) is 3.77. The van der Waals surface area contributed by atoms with Crippen molar-refractivity contribution in [1.82, 2.24) is 15.5 Å². The molecule has 2 aliphatic heterocycles. The van der Waals surface area contributed by atoms with Gasteiger partial charge in [0.15, 0.2) is 0 Å². The first kappa shape index (κ1) is 10.1. The lowest BCUT2D eigenvalue weighted by molar-refractivity contribution is -0.131. The summed E-state index contributed by atoms with van der Waals surface area (Å²) in [5, 5.41) is 6.15. The van der Waals surface area contributed by atoms with E-state index in [1.807, 2.05) is 4.90 Å². The maximum absolute atomic E-state index is 12.1. The minimum Gasteiger partial charge on any atom is -0.354 e. The molecule has 16 heavy (non-hydrogen) atoms. The van der Waals surface area contributed by atoms with Crippen molar-refractivity contribution < 1.29 is 9.59 Å². The number of hydrogen-bond donors (Lipinski definition) is 2. The van der Waals surface area contributed by atoms with E-state index in [1.54, 1.807) is 0 Å². The third kappa shape index (κ3) is 1.80. The van der Waals surface area contributed by atoms with E-state index in [1.165, 1.54) is 12.8 Å². The highest BCUT2D eigenvalue weighted by Crippen LogP contribution is 2.24. The molecule has 88 valence electrons. The lowest BCUT2D eigenvalue weighted by Crippen LogP contribution is -2.44. The molecule has 3 rings (SSSR count). The molecular formula is C11H17N3O2. The molecule has 2 amide bonds.